The van der Waals surface area contributed by atoms with Crippen LogP contribution in [0, 0.1) is 0 Å². The number of aromatic amines is 1. The van der Waals surface area contributed by atoms with Gasteiger partial charge in [0.1, 0.15) is 0 Å². The van der Waals surface area contributed by atoms with Crippen molar-refractivity contribution in [2.24, 2.45) is 0 Å². The molecule has 0 bridgehead atoms. The van der Waals surface area contributed by atoms with E-state index in [0.29, 0.717) is 0 Å². The Morgan fingerprint density at radius 3 is 2.57 bits per heavy atom. The fourth-order valence-corrected chi connectivity index (χ4v) is 5.32. The van der Waals surface area contributed by atoms with Gasteiger partial charge in [-0.3, -0.25) is 4.31 Å². The monoisotopic (exact) mass is 390 g/mol. The summed E-state index contributed by atoms with van der Waals surface area (Å²) in [5.74, 6) is 0. The van der Waals surface area contributed by atoms with E-state index in [-0.39, 0.29) is 4.91 Å². The van der Waals surface area contributed by atoms with Crippen LogP contribution in [0.15, 0.2) is 84.1 Å². The molecule has 0 saturated heterocycles. The number of fused-ring (bicyclic) bond motifs is 2. The number of allylic oxidation sites excluding steroid dienone is 3. The van der Waals surface area contributed by atoms with Gasteiger partial charge < -0.3 is 4.98 Å². The third-order valence-corrected chi connectivity index (χ3v) is 6.91. The van der Waals surface area contributed by atoms with Crippen LogP contribution in [0.5, 0.6) is 0 Å². The van der Waals surface area contributed by atoms with Crippen LogP contribution in [0.4, 0.5) is 0 Å². The first-order valence-electron chi connectivity index (χ1n) is 9.23. The summed E-state index contributed by atoms with van der Waals surface area (Å²) < 4.78 is 28.5. The second-order valence-corrected chi connectivity index (χ2v) is 8.51. The van der Waals surface area contributed by atoms with E-state index in [4.69, 9.17) is 0 Å². The molecule has 28 heavy (non-hydrogen) atoms. The Morgan fingerprint density at radius 2 is 1.79 bits per heavy atom. The topological polar surface area (TPSA) is 53.2 Å². The molecule has 4 nitrogen and oxygen atoms in total. The van der Waals surface area contributed by atoms with Gasteiger partial charge in [0.15, 0.2) is 0 Å². The van der Waals surface area contributed by atoms with E-state index in [9.17, 15) is 8.42 Å². The highest BCUT2D eigenvalue weighted by Gasteiger charge is 2.35. The predicted octanol–water partition coefficient (Wildman–Crippen LogP) is 5.35. The smallest absolute Gasteiger partial charge is 0.264 e. The molecule has 5 heteroatoms. The SMILES string of the molecule is C/C=C\C(=C/C)S(=O)(=O)N1C=Cc2ccccc2C1c1c[nH]c2ccccc12. The van der Waals surface area contributed by atoms with Crippen LogP contribution in [-0.2, 0) is 10.0 Å². The van der Waals surface area contributed by atoms with Crippen molar-refractivity contribution in [2.45, 2.75) is 19.9 Å². The lowest BCUT2D eigenvalue weighted by atomic mass is 9.92. The molecule has 142 valence electrons. The zero-order valence-electron chi connectivity index (χ0n) is 15.8. The third-order valence-electron chi connectivity index (χ3n) is 5.05. The minimum Gasteiger partial charge on any atom is -0.361 e. The van der Waals surface area contributed by atoms with Crippen LogP contribution >= 0.6 is 0 Å². The van der Waals surface area contributed by atoms with Gasteiger partial charge in [-0.05, 0) is 43.2 Å². The van der Waals surface area contributed by atoms with Gasteiger partial charge in [0, 0.05) is 28.9 Å². The average molecular weight is 391 g/mol. The molecule has 2 aromatic carbocycles. The molecule has 1 aliphatic heterocycles. The van der Waals surface area contributed by atoms with Gasteiger partial charge in [-0.25, -0.2) is 8.42 Å². The van der Waals surface area contributed by atoms with Crippen molar-refractivity contribution < 1.29 is 8.42 Å². The minimum atomic E-state index is -3.72. The van der Waals surface area contributed by atoms with Gasteiger partial charge in [-0.2, -0.15) is 0 Å². The van der Waals surface area contributed by atoms with Gasteiger partial charge in [-0.1, -0.05) is 54.6 Å². The second kappa shape index (κ2) is 7.17. The number of benzene rings is 2. The average Bonchev–Trinajstić information content (AvgIpc) is 3.14. The number of rotatable bonds is 4. The molecule has 1 aromatic heterocycles. The number of para-hydroxylation sites is 1. The molecule has 0 amide bonds. The summed E-state index contributed by atoms with van der Waals surface area (Å²) in [6.45, 7) is 3.56. The molecular weight excluding hydrogens is 368 g/mol. The van der Waals surface area contributed by atoms with E-state index in [1.807, 2.05) is 67.7 Å². The number of aromatic nitrogens is 1. The zero-order valence-corrected chi connectivity index (χ0v) is 16.6. The van der Waals surface area contributed by atoms with Crippen LogP contribution in [0.25, 0.3) is 17.0 Å². The summed E-state index contributed by atoms with van der Waals surface area (Å²) >= 11 is 0. The Kier molecular flexibility index (Phi) is 4.69. The van der Waals surface area contributed by atoms with Crippen LogP contribution < -0.4 is 0 Å². The molecule has 2 heterocycles. The van der Waals surface area contributed by atoms with E-state index >= 15 is 0 Å². The van der Waals surface area contributed by atoms with Gasteiger partial charge >= 0.3 is 0 Å². The lowest BCUT2D eigenvalue weighted by molar-refractivity contribution is 0.454. The van der Waals surface area contributed by atoms with E-state index < -0.39 is 16.1 Å². The quantitative estimate of drug-likeness (QED) is 0.610. The highest BCUT2D eigenvalue weighted by Crippen LogP contribution is 2.41. The Bertz CT molecular complexity index is 1220. The van der Waals surface area contributed by atoms with Crippen molar-refractivity contribution in [3.05, 3.63) is 101 Å². The van der Waals surface area contributed by atoms with Crippen molar-refractivity contribution >= 4 is 27.0 Å². The molecule has 0 radical (unpaired) electrons. The molecule has 0 saturated carbocycles. The Balaban J connectivity index is 1.96. The summed E-state index contributed by atoms with van der Waals surface area (Å²) in [5.41, 5.74) is 3.92. The number of nitrogens with zero attached hydrogens (tertiary/aromatic N) is 1. The summed E-state index contributed by atoms with van der Waals surface area (Å²) in [6.07, 6.45) is 10.5. The van der Waals surface area contributed by atoms with E-state index in [1.54, 1.807) is 31.4 Å². The minimum absolute atomic E-state index is 0.281. The molecule has 1 atom stereocenters. The van der Waals surface area contributed by atoms with Crippen LogP contribution in [0.3, 0.4) is 0 Å². The van der Waals surface area contributed by atoms with Crippen molar-refractivity contribution in [1.29, 1.82) is 0 Å². The van der Waals surface area contributed by atoms with Crippen LogP contribution in [-0.4, -0.2) is 17.7 Å². The normalized spacial score (nSPS) is 17.4. The molecule has 0 spiro atoms. The van der Waals surface area contributed by atoms with Crippen LogP contribution in [0.1, 0.15) is 36.6 Å². The van der Waals surface area contributed by atoms with Crippen molar-refractivity contribution in [3.63, 3.8) is 0 Å². The largest absolute Gasteiger partial charge is 0.361 e. The fourth-order valence-electron chi connectivity index (χ4n) is 3.75. The van der Waals surface area contributed by atoms with Gasteiger partial charge in [-0.15, -0.1) is 0 Å². The van der Waals surface area contributed by atoms with Gasteiger partial charge in [0.2, 0.25) is 0 Å². The van der Waals surface area contributed by atoms with Crippen molar-refractivity contribution in [3.8, 4) is 0 Å². The third kappa shape index (κ3) is 2.88. The summed E-state index contributed by atoms with van der Waals surface area (Å²) in [7, 11) is -3.72. The maximum absolute atomic E-state index is 13.5. The van der Waals surface area contributed by atoms with Gasteiger partial charge in [0.25, 0.3) is 10.0 Å². The number of hydrogen-bond acceptors (Lipinski definition) is 2. The van der Waals surface area contributed by atoms with Crippen molar-refractivity contribution in [2.75, 3.05) is 0 Å². The lowest BCUT2D eigenvalue weighted by Gasteiger charge is -2.34. The Morgan fingerprint density at radius 1 is 1.04 bits per heavy atom. The molecule has 4 rings (SSSR count). The standard InChI is InChI=1S/C23H22N2O2S/c1-3-9-18(4-2)28(26,27)25-15-14-17-10-5-6-11-19(17)23(25)21-16-24-22-13-8-7-12-20(21)22/h3-16,23-24H,1-2H3/b9-3-,18-4+. The lowest BCUT2D eigenvalue weighted by Crippen LogP contribution is -2.33. The summed E-state index contributed by atoms with van der Waals surface area (Å²) in [6, 6.07) is 15.5. The molecular formula is C23H22N2O2S. The maximum Gasteiger partial charge on any atom is 0.264 e. The Labute approximate surface area is 165 Å². The molecule has 1 aliphatic rings. The van der Waals surface area contributed by atoms with Crippen molar-refractivity contribution in [1.82, 2.24) is 9.29 Å². The molecule has 1 N–H and O–H groups in total. The highest BCUT2D eigenvalue weighted by atomic mass is 32.2. The molecule has 0 aliphatic carbocycles. The molecule has 1 unspecified atom stereocenters. The number of hydrogen-bond donors (Lipinski definition) is 1. The highest BCUT2D eigenvalue weighted by molar-refractivity contribution is 7.93. The summed E-state index contributed by atoms with van der Waals surface area (Å²) in [4.78, 5) is 3.56. The molecule has 0 fully saturated rings. The zero-order chi connectivity index (χ0) is 19.7. The second-order valence-electron chi connectivity index (χ2n) is 6.66. The first kappa shape index (κ1) is 18.3. The molecule has 3 aromatic rings. The number of H-pyrrole nitrogens is 1. The number of nitrogens with one attached hydrogen (secondary N) is 1. The van der Waals surface area contributed by atoms with Crippen LogP contribution in [0.2, 0.25) is 0 Å². The Hall–Kier alpha value is -3.05. The number of sulfonamides is 1. The summed E-state index contributed by atoms with van der Waals surface area (Å²) in [5, 5.41) is 1.02. The maximum atomic E-state index is 13.5. The van der Waals surface area contributed by atoms with E-state index in [1.165, 1.54) is 4.31 Å². The van der Waals surface area contributed by atoms with E-state index in [2.05, 4.69) is 4.98 Å². The van der Waals surface area contributed by atoms with E-state index in [0.717, 1.165) is 27.6 Å². The first-order chi connectivity index (χ1) is 13.6. The fraction of sp³-hybridized carbons (Fsp3) is 0.130. The first-order valence-corrected chi connectivity index (χ1v) is 10.7. The predicted molar refractivity (Wildman–Crippen MR) is 115 cm³/mol. The van der Waals surface area contributed by atoms with Gasteiger partial charge in [0.05, 0.1) is 10.9 Å².